The Balaban J connectivity index is 1.38. The van der Waals surface area contributed by atoms with Crippen LogP contribution in [0.5, 0.6) is 0 Å². The molecule has 2 aliphatic heterocycles. The second-order valence-electron chi connectivity index (χ2n) is 8.60. The molecule has 0 bridgehead atoms. The predicted octanol–water partition coefficient (Wildman–Crippen LogP) is 5.54. The van der Waals surface area contributed by atoms with Crippen molar-refractivity contribution < 1.29 is 0 Å². The lowest BCUT2D eigenvalue weighted by Gasteiger charge is -2.35. The molecular weight excluding hydrogens is 392 g/mol. The Kier molecular flexibility index (Phi) is 5.41. The van der Waals surface area contributed by atoms with Crippen molar-refractivity contribution in [2.24, 2.45) is 0 Å². The van der Waals surface area contributed by atoms with Gasteiger partial charge in [-0.25, -0.2) is 0 Å². The molecule has 2 aliphatic rings. The third-order valence-electron chi connectivity index (χ3n) is 6.87. The first-order valence-corrected chi connectivity index (χ1v) is 11.4. The molecule has 2 aromatic carbocycles. The minimum absolute atomic E-state index is 0.424. The number of hydrogen-bond acceptors (Lipinski definition) is 3. The number of hydrogen-bond donors (Lipinski definition) is 2. The molecule has 0 spiro atoms. The second kappa shape index (κ2) is 8.34. The zero-order valence-electron chi connectivity index (χ0n) is 17.1. The standard InChI is InChI=1S/C25H27ClN4/c26-23-8-7-22(25-24(23)20(14-27)15-29-25)19-2-1-13-30(16-19)21-5-3-17(4-6-21)18-9-11-28-12-10-18/h3-8,15,18-19,28-29H,1-2,9-13,16H2. The summed E-state index contributed by atoms with van der Waals surface area (Å²) in [5, 5.41) is 14.4. The van der Waals surface area contributed by atoms with E-state index in [1.165, 1.54) is 29.7 Å². The third-order valence-corrected chi connectivity index (χ3v) is 7.18. The fraction of sp³-hybridized carbons (Fsp3) is 0.400. The number of rotatable bonds is 3. The number of aromatic amines is 1. The van der Waals surface area contributed by atoms with Gasteiger partial charge in [0.1, 0.15) is 6.07 Å². The lowest BCUT2D eigenvalue weighted by Crippen LogP contribution is -2.34. The van der Waals surface area contributed by atoms with E-state index in [2.05, 4.69) is 51.6 Å². The number of halogens is 1. The molecule has 0 radical (unpaired) electrons. The van der Waals surface area contributed by atoms with Crippen molar-refractivity contribution in [1.29, 1.82) is 5.26 Å². The summed E-state index contributed by atoms with van der Waals surface area (Å²) < 4.78 is 0. The van der Waals surface area contributed by atoms with Crippen LogP contribution in [0.4, 0.5) is 5.69 Å². The van der Waals surface area contributed by atoms with Crippen LogP contribution < -0.4 is 10.2 Å². The van der Waals surface area contributed by atoms with E-state index < -0.39 is 0 Å². The number of nitrogens with one attached hydrogen (secondary N) is 2. The van der Waals surface area contributed by atoms with E-state index in [4.69, 9.17) is 11.6 Å². The maximum atomic E-state index is 9.42. The van der Waals surface area contributed by atoms with Crippen LogP contribution in [0.25, 0.3) is 10.9 Å². The average Bonchev–Trinajstić information content (AvgIpc) is 3.25. The van der Waals surface area contributed by atoms with Crippen LogP contribution in [0.2, 0.25) is 5.02 Å². The largest absolute Gasteiger partial charge is 0.371 e. The number of aromatic nitrogens is 1. The normalized spacial score (nSPS) is 20.4. The van der Waals surface area contributed by atoms with Crippen LogP contribution in [-0.2, 0) is 0 Å². The first kappa shape index (κ1) is 19.5. The highest BCUT2D eigenvalue weighted by molar-refractivity contribution is 6.36. The van der Waals surface area contributed by atoms with E-state index in [1.54, 1.807) is 6.20 Å². The maximum absolute atomic E-state index is 9.42. The van der Waals surface area contributed by atoms with Crippen LogP contribution in [0, 0.1) is 11.3 Å². The van der Waals surface area contributed by atoms with Gasteiger partial charge in [-0.15, -0.1) is 0 Å². The van der Waals surface area contributed by atoms with Gasteiger partial charge >= 0.3 is 0 Å². The molecular formula is C25H27ClN4. The molecule has 3 heterocycles. The van der Waals surface area contributed by atoms with Crippen molar-refractivity contribution in [2.45, 2.75) is 37.5 Å². The van der Waals surface area contributed by atoms with Crippen molar-refractivity contribution in [1.82, 2.24) is 10.3 Å². The van der Waals surface area contributed by atoms with Gasteiger partial charge in [0.25, 0.3) is 0 Å². The van der Waals surface area contributed by atoms with Crippen LogP contribution in [0.3, 0.4) is 0 Å². The van der Waals surface area contributed by atoms with E-state index in [-0.39, 0.29) is 0 Å². The smallest absolute Gasteiger partial charge is 0.101 e. The van der Waals surface area contributed by atoms with Crippen molar-refractivity contribution in [2.75, 3.05) is 31.1 Å². The third kappa shape index (κ3) is 3.57. The van der Waals surface area contributed by atoms with Gasteiger partial charge in [-0.1, -0.05) is 29.8 Å². The molecule has 0 amide bonds. The molecule has 1 aromatic heterocycles. The molecule has 30 heavy (non-hydrogen) atoms. The lowest BCUT2D eigenvalue weighted by atomic mass is 9.88. The maximum Gasteiger partial charge on any atom is 0.101 e. The van der Waals surface area contributed by atoms with Crippen LogP contribution in [0.15, 0.2) is 42.6 Å². The summed E-state index contributed by atoms with van der Waals surface area (Å²) in [6.45, 7) is 4.34. The number of nitrogens with zero attached hydrogens (tertiary/aromatic N) is 2. The molecule has 5 rings (SSSR count). The fourth-order valence-electron chi connectivity index (χ4n) is 5.24. The minimum atomic E-state index is 0.424. The lowest BCUT2D eigenvalue weighted by molar-refractivity contribution is 0.460. The summed E-state index contributed by atoms with van der Waals surface area (Å²) in [7, 11) is 0. The van der Waals surface area contributed by atoms with E-state index in [1.807, 2.05) is 6.07 Å². The topological polar surface area (TPSA) is 54.9 Å². The summed E-state index contributed by atoms with van der Waals surface area (Å²) in [5.74, 6) is 1.12. The summed E-state index contributed by atoms with van der Waals surface area (Å²) >= 11 is 6.41. The van der Waals surface area contributed by atoms with Crippen LogP contribution in [-0.4, -0.2) is 31.2 Å². The van der Waals surface area contributed by atoms with E-state index >= 15 is 0 Å². The second-order valence-corrected chi connectivity index (χ2v) is 9.01. The van der Waals surface area contributed by atoms with E-state index in [9.17, 15) is 5.26 Å². The summed E-state index contributed by atoms with van der Waals surface area (Å²) in [5.41, 5.74) is 5.70. The Labute approximate surface area is 182 Å². The zero-order valence-corrected chi connectivity index (χ0v) is 17.9. The van der Waals surface area contributed by atoms with Crippen LogP contribution in [0.1, 0.15) is 54.2 Å². The van der Waals surface area contributed by atoms with Crippen molar-refractivity contribution in [3.63, 3.8) is 0 Å². The number of nitriles is 1. The molecule has 2 fully saturated rings. The molecule has 154 valence electrons. The highest BCUT2D eigenvalue weighted by Crippen LogP contribution is 2.37. The first-order valence-electron chi connectivity index (χ1n) is 11.0. The number of H-pyrrole nitrogens is 1. The quantitative estimate of drug-likeness (QED) is 0.586. The van der Waals surface area contributed by atoms with Gasteiger partial charge in [-0.3, -0.25) is 0 Å². The van der Waals surface area contributed by atoms with Crippen molar-refractivity contribution in [3.05, 3.63) is 64.3 Å². The molecule has 5 heteroatoms. The summed E-state index contributed by atoms with van der Waals surface area (Å²) in [6.07, 6.45) is 6.56. The number of anilines is 1. The number of benzene rings is 2. The monoisotopic (exact) mass is 418 g/mol. The molecule has 0 aliphatic carbocycles. The Morgan fingerprint density at radius 3 is 2.57 bits per heavy atom. The summed E-state index contributed by atoms with van der Waals surface area (Å²) in [6, 6.07) is 15.6. The molecule has 1 unspecified atom stereocenters. The Morgan fingerprint density at radius 2 is 1.80 bits per heavy atom. The molecule has 1 atom stereocenters. The van der Waals surface area contributed by atoms with Gasteiger partial charge in [0, 0.05) is 36.3 Å². The van der Waals surface area contributed by atoms with Gasteiger partial charge < -0.3 is 15.2 Å². The highest BCUT2D eigenvalue weighted by Gasteiger charge is 2.25. The first-order chi connectivity index (χ1) is 14.7. The van der Waals surface area contributed by atoms with Crippen molar-refractivity contribution >= 4 is 28.2 Å². The Morgan fingerprint density at radius 1 is 1.00 bits per heavy atom. The van der Waals surface area contributed by atoms with Crippen LogP contribution >= 0.6 is 11.6 Å². The van der Waals surface area contributed by atoms with Gasteiger partial charge in [0.05, 0.1) is 16.1 Å². The van der Waals surface area contributed by atoms with Crippen molar-refractivity contribution in [3.8, 4) is 6.07 Å². The summed E-state index contributed by atoms with van der Waals surface area (Å²) in [4.78, 5) is 5.82. The predicted molar refractivity (Wildman–Crippen MR) is 123 cm³/mol. The van der Waals surface area contributed by atoms with Gasteiger partial charge in [0.2, 0.25) is 0 Å². The minimum Gasteiger partial charge on any atom is -0.371 e. The molecule has 4 nitrogen and oxygen atoms in total. The Hall–Kier alpha value is -2.48. The number of piperidine rings is 2. The SMILES string of the molecule is N#Cc1c[nH]c2c(C3CCCN(c4ccc(C5CCNCC5)cc4)C3)ccc(Cl)c12. The highest BCUT2D eigenvalue weighted by atomic mass is 35.5. The Bertz CT molecular complexity index is 1070. The zero-order chi connectivity index (χ0) is 20.5. The van der Waals surface area contributed by atoms with E-state index in [0.717, 1.165) is 49.9 Å². The van der Waals surface area contributed by atoms with Gasteiger partial charge in [-0.2, -0.15) is 5.26 Å². The molecule has 0 saturated carbocycles. The van der Waals surface area contributed by atoms with Gasteiger partial charge in [0.15, 0.2) is 0 Å². The number of fused-ring (bicyclic) bond motifs is 1. The molecule has 3 aromatic rings. The average molecular weight is 419 g/mol. The molecule has 2 N–H and O–H groups in total. The molecule has 2 saturated heterocycles. The van der Waals surface area contributed by atoms with Gasteiger partial charge in [-0.05, 0) is 74.0 Å². The van der Waals surface area contributed by atoms with E-state index in [0.29, 0.717) is 22.4 Å². The fourth-order valence-corrected chi connectivity index (χ4v) is 5.49.